The third-order valence-electron chi connectivity index (χ3n) is 3.17. The molecule has 0 unspecified atom stereocenters. The van der Waals surface area contributed by atoms with Gasteiger partial charge in [0.2, 0.25) is 5.91 Å². The molecule has 0 radical (unpaired) electrons. The van der Waals surface area contributed by atoms with E-state index in [1.54, 1.807) is 17.5 Å². The van der Waals surface area contributed by atoms with Crippen molar-refractivity contribution < 1.29 is 4.79 Å². The smallest absolute Gasteiger partial charge is 0.230 e. The van der Waals surface area contributed by atoms with Crippen molar-refractivity contribution in [2.24, 2.45) is 0 Å². The average Bonchev–Trinajstić information content (AvgIpc) is 2.95. The Kier molecular flexibility index (Phi) is 4.70. The van der Waals surface area contributed by atoms with Gasteiger partial charge in [-0.15, -0.1) is 11.3 Å². The summed E-state index contributed by atoms with van der Waals surface area (Å²) >= 11 is 3.08. The summed E-state index contributed by atoms with van der Waals surface area (Å²) in [6.45, 7) is 2.45. The van der Waals surface area contributed by atoms with Gasteiger partial charge < -0.3 is 5.32 Å². The number of carbonyl (C=O) groups excluding carboxylic acids is 1. The van der Waals surface area contributed by atoms with E-state index in [0.29, 0.717) is 12.3 Å². The van der Waals surface area contributed by atoms with E-state index in [1.807, 2.05) is 43.3 Å². The Morgan fingerprint density at radius 2 is 2.14 bits per heavy atom. The lowest BCUT2D eigenvalue weighted by Gasteiger charge is -2.06. The maximum absolute atomic E-state index is 11.9. The number of carbonyl (C=O) groups is 1. The second-order valence-electron chi connectivity index (χ2n) is 4.78. The van der Waals surface area contributed by atoms with Crippen LogP contribution in [0.15, 0.2) is 46.9 Å². The highest BCUT2D eigenvalue weighted by molar-refractivity contribution is 8.01. The number of thioether (sulfide) groups is 1. The van der Waals surface area contributed by atoms with Crippen LogP contribution in [0.3, 0.4) is 0 Å². The van der Waals surface area contributed by atoms with E-state index in [1.165, 1.54) is 11.8 Å². The summed E-state index contributed by atoms with van der Waals surface area (Å²) in [4.78, 5) is 20.7. The van der Waals surface area contributed by atoms with Crippen LogP contribution in [0.1, 0.15) is 11.3 Å². The molecule has 0 bridgehead atoms. The molecule has 1 aromatic carbocycles. The van der Waals surface area contributed by atoms with Crippen molar-refractivity contribution in [1.29, 1.82) is 0 Å². The maximum Gasteiger partial charge on any atom is 0.230 e. The highest BCUT2D eigenvalue weighted by Crippen LogP contribution is 2.28. The lowest BCUT2D eigenvalue weighted by molar-refractivity contribution is -0.118. The molecule has 0 aliphatic carbocycles. The summed E-state index contributed by atoms with van der Waals surface area (Å²) < 4.78 is 2.07. The van der Waals surface area contributed by atoms with Gasteiger partial charge in [-0.25, -0.2) is 4.98 Å². The number of thiazole rings is 1. The van der Waals surface area contributed by atoms with Gasteiger partial charge in [0.05, 0.1) is 28.2 Å². The number of nitrogens with one attached hydrogen (secondary N) is 1. The van der Waals surface area contributed by atoms with Gasteiger partial charge in [0.1, 0.15) is 0 Å². The SMILES string of the molecule is Cc1cccnc1CNC(=O)CSc1nc2ccccc2s1. The number of aryl methyl sites for hydroxylation is 1. The normalized spacial score (nSPS) is 10.8. The summed E-state index contributed by atoms with van der Waals surface area (Å²) in [6.07, 6.45) is 1.74. The number of nitrogens with zero attached hydrogens (tertiary/aromatic N) is 2. The molecular weight excluding hydrogens is 314 g/mol. The Morgan fingerprint density at radius 3 is 2.95 bits per heavy atom. The predicted molar refractivity (Wildman–Crippen MR) is 91.2 cm³/mol. The standard InChI is InChI=1S/C16H15N3OS2/c1-11-5-4-8-17-13(11)9-18-15(20)10-21-16-19-12-6-2-3-7-14(12)22-16/h2-8H,9-10H2,1H3,(H,18,20). The fraction of sp³-hybridized carbons (Fsp3) is 0.188. The highest BCUT2D eigenvalue weighted by Gasteiger charge is 2.08. The first-order valence-corrected chi connectivity index (χ1v) is 8.68. The number of fused-ring (bicyclic) bond motifs is 1. The van der Waals surface area contributed by atoms with Gasteiger partial charge in [-0.2, -0.15) is 0 Å². The van der Waals surface area contributed by atoms with Gasteiger partial charge >= 0.3 is 0 Å². The molecule has 112 valence electrons. The molecule has 2 aromatic heterocycles. The fourth-order valence-corrected chi connectivity index (χ4v) is 3.88. The van der Waals surface area contributed by atoms with Gasteiger partial charge in [-0.1, -0.05) is 30.0 Å². The molecule has 22 heavy (non-hydrogen) atoms. The van der Waals surface area contributed by atoms with Crippen molar-refractivity contribution in [1.82, 2.24) is 15.3 Å². The topological polar surface area (TPSA) is 54.9 Å². The zero-order chi connectivity index (χ0) is 15.4. The summed E-state index contributed by atoms with van der Waals surface area (Å²) in [7, 11) is 0. The Hall–Kier alpha value is -1.92. The second kappa shape index (κ2) is 6.89. The molecule has 2 heterocycles. The minimum atomic E-state index is -0.00527. The quantitative estimate of drug-likeness (QED) is 0.729. The van der Waals surface area contributed by atoms with E-state index in [2.05, 4.69) is 15.3 Å². The van der Waals surface area contributed by atoms with Crippen LogP contribution in [0, 0.1) is 6.92 Å². The molecule has 3 rings (SSSR count). The minimum Gasteiger partial charge on any atom is -0.350 e. The molecule has 0 aliphatic heterocycles. The van der Waals surface area contributed by atoms with Crippen LogP contribution in [0.2, 0.25) is 0 Å². The van der Waals surface area contributed by atoms with Crippen LogP contribution in [0.4, 0.5) is 0 Å². The van der Waals surface area contributed by atoms with Crippen molar-refractivity contribution in [2.75, 3.05) is 5.75 Å². The summed E-state index contributed by atoms with van der Waals surface area (Å²) in [5.74, 6) is 0.361. The number of amides is 1. The van der Waals surface area contributed by atoms with Crippen molar-refractivity contribution in [3.63, 3.8) is 0 Å². The minimum absolute atomic E-state index is 0.00527. The van der Waals surface area contributed by atoms with E-state index in [9.17, 15) is 4.79 Å². The van der Waals surface area contributed by atoms with Crippen LogP contribution in [0.25, 0.3) is 10.2 Å². The van der Waals surface area contributed by atoms with Crippen LogP contribution in [-0.2, 0) is 11.3 Å². The van der Waals surface area contributed by atoms with Crippen molar-refractivity contribution in [3.8, 4) is 0 Å². The van der Waals surface area contributed by atoms with Gasteiger partial charge in [0.25, 0.3) is 0 Å². The summed E-state index contributed by atoms with van der Waals surface area (Å²) in [5.41, 5.74) is 2.97. The van der Waals surface area contributed by atoms with E-state index in [0.717, 1.165) is 25.8 Å². The summed E-state index contributed by atoms with van der Waals surface area (Å²) in [6, 6.07) is 11.9. The predicted octanol–water partition coefficient (Wildman–Crippen LogP) is 3.41. The monoisotopic (exact) mass is 329 g/mol. The van der Waals surface area contributed by atoms with E-state index >= 15 is 0 Å². The first-order valence-electron chi connectivity index (χ1n) is 6.88. The van der Waals surface area contributed by atoms with Crippen molar-refractivity contribution >= 4 is 39.2 Å². The zero-order valence-electron chi connectivity index (χ0n) is 12.1. The van der Waals surface area contributed by atoms with Crippen LogP contribution >= 0.6 is 23.1 Å². The second-order valence-corrected chi connectivity index (χ2v) is 7.03. The molecule has 4 nitrogen and oxygen atoms in total. The maximum atomic E-state index is 11.9. The fourth-order valence-electron chi connectivity index (χ4n) is 1.98. The number of benzene rings is 1. The third-order valence-corrected chi connectivity index (χ3v) is 5.35. The Labute approximate surface area is 137 Å². The average molecular weight is 329 g/mol. The number of rotatable bonds is 5. The molecule has 1 N–H and O–H groups in total. The number of pyridine rings is 1. The van der Waals surface area contributed by atoms with Gasteiger partial charge in [0, 0.05) is 6.20 Å². The number of aromatic nitrogens is 2. The molecule has 0 saturated carbocycles. The van der Waals surface area contributed by atoms with Gasteiger partial charge in [0.15, 0.2) is 4.34 Å². The Bertz CT molecular complexity index is 768. The van der Waals surface area contributed by atoms with Crippen molar-refractivity contribution in [2.45, 2.75) is 17.8 Å². The zero-order valence-corrected chi connectivity index (χ0v) is 13.7. The molecule has 0 fully saturated rings. The van der Waals surface area contributed by atoms with Gasteiger partial charge in [-0.05, 0) is 30.7 Å². The van der Waals surface area contributed by atoms with E-state index in [-0.39, 0.29) is 5.91 Å². The van der Waals surface area contributed by atoms with Crippen molar-refractivity contribution in [3.05, 3.63) is 53.9 Å². The lowest BCUT2D eigenvalue weighted by atomic mass is 10.2. The third kappa shape index (κ3) is 3.64. The molecular formula is C16H15N3OS2. The Balaban J connectivity index is 1.53. The largest absolute Gasteiger partial charge is 0.350 e. The van der Waals surface area contributed by atoms with E-state index < -0.39 is 0 Å². The lowest BCUT2D eigenvalue weighted by Crippen LogP contribution is -2.25. The first kappa shape index (κ1) is 15.0. The highest BCUT2D eigenvalue weighted by atomic mass is 32.2. The van der Waals surface area contributed by atoms with Crippen LogP contribution in [0.5, 0.6) is 0 Å². The van der Waals surface area contributed by atoms with Crippen LogP contribution < -0.4 is 5.32 Å². The van der Waals surface area contributed by atoms with Crippen LogP contribution in [-0.4, -0.2) is 21.6 Å². The molecule has 1 amide bonds. The number of hydrogen-bond donors (Lipinski definition) is 1. The number of hydrogen-bond acceptors (Lipinski definition) is 5. The molecule has 0 atom stereocenters. The molecule has 3 aromatic rings. The Morgan fingerprint density at radius 1 is 1.27 bits per heavy atom. The van der Waals surface area contributed by atoms with E-state index in [4.69, 9.17) is 0 Å². The molecule has 0 saturated heterocycles. The number of para-hydroxylation sites is 1. The summed E-state index contributed by atoms with van der Waals surface area (Å²) in [5, 5.41) is 2.90. The molecule has 6 heteroatoms. The van der Waals surface area contributed by atoms with Gasteiger partial charge in [-0.3, -0.25) is 9.78 Å². The molecule has 0 spiro atoms. The first-order chi connectivity index (χ1) is 10.7. The molecule has 0 aliphatic rings.